The molecule has 2 aliphatic rings. The Morgan fingerprint density at radius 1 is 1.32 bits per heavy atom. The van der Waals surface area contributed by atoms with Crippen molar-refractivity contribution in [1.29, 1.82) is 0 Å². The Morgan fingerprint density at radius 2 is 2.05 bits per heavy atom. The predicted molar refractivity (Wildman–Crippen MR) is 84.2 cm³/mol. The number of rotatable bonds is 4. The molecule has 2 aliphatic carbocycles. The third-order valence-corrected chi connectivity index (χ3v) is 5.20. The molecule has 1 unspecified atom stereocenters. The molecule has 4 nitrogen and oxygen atoms in total. The summed E-state index contributed by atoms with van der Waals surface area (Å²) < 4.78 is 5.54. The summed E-state index contributed by atoms with van der Waals surface area (Å²) in [5.74, 6) is 0.755. The van der Waals surface area contributed by atoms with Crippen LogP contribution in [0, 0.1) is 0 Å². The zero-order valence-electron chi connectivity index (χ0n) is 13.6. The maximum atomic E-state index is 13.1. The van der Waals surface area contributed by atoms with Crippen molar-refractivity contribution in [2.45, 2.75) is 77.3 Å². The first-order chi connectivity index (χ1) is 10.6. The smallest absolute Gasteiger partial charge is 0.258 e. The van der Waals surface area contributed by atoms with Gasteiger partial charge in [0.25, 0.3) is 5.91 Å². The van der Waals surface area contributed by atoms with Crippen molar-refractivity contribution in [2.75, 3.05) is 0 Å². The van der Waals surface area contributed by atoms with Crippen molar-refractivity contribution in [1.82, 2.24) is 4.90 Å². The van der Waals surface area contributed by atoms with Crippen molar-refractivity contribution >= 4 is 11.7 Å². The van der Waals surface area contributed by atoms with E-state index in [4.69, 9.17) is 4.42 Å². The van der Waals surface area contributed by atoms with E-state index in [1.807, 2.05) is 4.90 Å². The molecule has 0 aromatic carbocycles. The van der Waals surface area contributed by atoms with Crippen LogP contribution in [0.2, 0.25) is 0 Å². The number of carbonyl (C=O) groups excluding carboxylic acids is 2. The van der Waals surface area contributed by atoms with Gasteiger partial charge in [-0.05, 0) is 32.6 Å². The molecule has 0 bridgehead atoms. The van der Waals surface area contributed by atoms with Gasteiger partial charge in [-0.2, -0.15) is 0 Å². The predicted octanol–water partition coefficient (Wildman–Crippen LogP) is 3.98. The Kier molecular flexibility index (Phi) is 4.37. The number of hydrogen-bond acceptors (Lipinski definition) is 3. The molecular weight excluding hydrogens is 278 g/mol. The largest absolute Gasteiger partial charge is 0.468 e. The summed E-state index contributed by atoms with van der Waals surface area (Å²) in [4.78, 5) is 27.4. The quantitative estimate of drug-likeness (QED) is 0.845. The molecule has 3 rings (SSSR count). The van der Waals surface area contributed by atoms with Crippen molar-refractivity contribution in [3.8, 4) is 0 Å². The molecule has 1 amide bonds. The number of carbonyl (C=O) groups is 2. The normalized spacial score (nSPS) is 20.0. The number of nitrogens with zero attached hydrogens (tertiary/aromatic N) is 1. The molecule has 1 saturated carbocycles. The summed E-state index contributed by atoms with van der Waals surface area (Å²) in [6, 6.07) is 0.506. The minimum absolute atomic E-state index is 0.0125. The topological polar surface area (TPSA) is 50.5 Å². The molecule has 0 radical (unpaired) electrons. The average molecular weight is 303 g/mol. The first-order valence-electron chi connectivity index (χ1n) is 8.59. The van der Waals surface area contributed by atoms with Gasteiger partial charge >= 0.3 is 0 Å². The lowest BCUT2D eigenvalue weighted by Gasteiger charge is -2.34. The molecule has 1 atom stereocenters. The second-order valence-corrected chi connectivity index (χ2v) is 6.63. The van der Waals surface area contributed by atoms with E-state index in [9.17, 15) is 9.59 Å². The van der Waals surface area contributed by atoms with E-state index in [-0.39, 0.29) is 17.7 Å². The summed E-state index contributed by atoms with van der Waals surface area (Å²) in [5, 5.41) is 0. The second kappa shape index (κ2) is 6.27. The highest BCUT2D eigenvalue weighted by Crippen LogP contribution is 2.31. The molecule has 0 spiro atoms. The highest BCUT2D eigenvalue weighted by Gasteiger charge is 2.35. The van der Waals surface area contributed by atoms with Crippen LogP contribution in [-0.2, 0) is 6.42 Å². The standard InChI is InChI=1S/C18H25NO3/c1-3-12(2)19(13-7-4-5-8-13)18(21)14-11-22-16-10-6-9-15(20)17(14)16/h11-13H,3-10H2,1-2H3. The fraction of sp³-hybridized carbons (Fsp3) is 0.667. The van der Waals surface area contributed by atoms with Gasteiger partial charge in [0.2, 0.25) is 0 Å². The fourth-order valence-corrected chi connectivity index (χ4v) is 3.82. The summed E-state index contributed by atoms with van der Waals surface area (Å²) in [5.41, 5.74) is 1.05. The number of ketones is 1. The van der Waals surface area contributed by atoms with Crippen LogP contribution in [0.5, 0.6) is 0 Å². The first kappa shape index (κ1) is 15.3. The molecule has 0 N–H and O–H groups in total. The molecule has 0 aliphatic heterocycles. The van der Waals surface area contributed by atoms with E-state index >= 15 is 0 Å². The van der Waals surface area contributed by atoms with E-state index in [0.29, 0.717) is 29.3 Å². The maximum Gasteiger partial charge on any atom is 0.258 e. The van der Waals surface area contributed by atoms with Gasteiger partial charge in [0.1, 0.15) is 12.0 Å². The lowest BCUT2D eigenvalue weighted by molar-refractivity contribution is 0.0585. The Labute approximate surface area is 131 Å². The molecule has 4 heteroatoms. The molecular formula is C18H25NO3. The van der Waals surface area contributed by atoms with Crippen LogP contribution in [0.25, 0.3) is 0 Å². The van der Waals surface area contributed by atoms with Crippen LogP contribution in [0.4, 0.5) is 0 Å². The van der Waals surface area contributed by atoms with E-state index in [0.717, 1.165) is 32.1 Å². The highest BCUT2D eigenvalue weighted by molar-refractivity contribution is 6.09. The van der Waals surface area contributed by atoms with Crippen molar-refractivity contribution < 1.29 is 14.0 Å². The number of fused-ring (bicyclic) bond motifs is 1. The van der Waals surface area contributed by atoms with Crippen LogP contribution >= 0.6 is 0 Å². The minimum Gasteiger partial charge on any atom is -0.468 e. The van der Waals surface area contributed by atoms with Crippen LogP contribution in [0.3, 0.4) is 0 Å². The zero-order chi connectivity index (χ0) is 15.7. The Morgan fingerprint density at radius 3 is 2.73 bits per heavy atom. The van der Waals surface area contributed by atoms with Gasteiger partial charge in [-0.1, -0.05) is 19.8 Å². The fourth-order valence-electron chi connectivity index (χ4n) is 3.82. The number of amides is 1. The van der Waals surface area contributed by atoms with E-state index < -0.39 is 0 Å². The van der Waals surface area contributed by atoms with Gasteiger partial charge in [-0.3, -0.25) is 9.59 Å². The lowest BCUT2D eigenvalue weighted by atomic mass is 9.93. The number of aryl methyl sites for hydroxylation is 1. The Hall–Kier alpha value is -1.58. The van der Waals surface area contributed by atoms with Gasteiger partial charge in [0, 0.05) is 24.9 Å². The summed E-state index contributed by atoms with van der Waals surface area (Å²) >= 11 is 0. The SMILES string of the molecule is CCC(C)N(C(=O)c1coc2c1C(=O)CCC2)C1CCCC1. The van der Waals surface area contributed by atoms with Crippen LogP contribution in [0.15, 0.2) is 10.7 Å². The average Bonchev–Trinajstić information content (AvgIpc) is 3.17. The van der Waals surface area contributed by atoms with Gasteiger partial charge in [0.15, 0.2) is 5.78 Å². The van der Waals surface area contributed by atoms with Crippen molar-refractivity contribution in [2.24, 2.45) is 0 Å². The second-order valence-electron chi connectivity index (χ2n) is 6.63. The summed E-state index contributed by atoms with van der Waals surface area (Å²) in [6.07, 6.45) is 9.08. The zero-order valence-corrected chi connectivity index (χ0v) is 13.6. The molecule has 1 aromatic rings. The summed E-state index contributed by atoms with van der Waals surface area (Å²) in [7, 11) is 0. The molecule has 0 saturated heterocycles. The van der Waals surface area contributed by atoms with Crippen LogP contribution < -0.4 is 0 Å². The van der Waals surface area contributed by atoms with E-state index in [2.05, 4.69) is 13.8 Å². The van der Waals surface area contributed by atoms with Crippen molar-refractivity contribution in [3.63, 3.8) is 0 Å². The molecule has 22 heavy (non-hydrogen) atoms. The minimum atomic E-state index is -0.0125. The van der Waals surface area contributed by atoms with Crippen molar-refractivity contribution in [3.05, 3.63) is 23.2 Å². The highest BCUT2D eigenvalue weighted by atomic mass is 16.3. The number of Topliss-reactive ketones (excluding diaryl/α,β-unsaturated/α-hetero) is 1. The molecule has 1 heterocycles. The van der Waals surface area contributed by atoms with E-state index in [1.54, 1.807) is 0 Å². The lowest BCUT2D eigenvalue weighted by Crippen LogP contribution is -2.45. The van der Waals surface area contributed by atoms with E-state index in [1.165, 1.54) is 19.1 Å². The van der Waals surface area contributed by atoms with Crippen LogP contribution in [-0.4, -0.2) is 28.7 Å². The van der Waals surface area contributed by atoms with Gasteiger partial charge in [0.05, 0.1) is 11.1 Å². The van der Waals surface area contributed by atoms with Gasteiger partial charge < -0.3 is 9.32 Å². The van der Waals surface area contributed by atoms with Crippen LogP contribution in [0.1, 0.15) is 85.3 Å². The Balaban J connectivity index is 1.93. The summed E-state index contributed by atoms with van der Waals surface area (Å²) in [6.45, 7) is 4.21. The number of hydrogen-bond donors (Lipinski definition) is 0. The Bertz CT molecular complexity index is 569. The number of furan rings is 1. The first-order valence-corrected chi connectivity index (χ1v) is 8.59. The molecule has 1 aromatic heterocycles. The maximum absolute atomic E-state index is 13.1. The third-order valence-electron chi connectivity index (χ3n) is 5.20. The molecule has 120 valence electrons. The third kappa shape index (κ3) is 2.59. The van der Waals surface area contributed by atoms with Gasteiger partial charge in [-0.15, -0.1) is 0 Å². The monoisotopic (exact) mass is 303 g/mol. The van der Waals surface area contributed by atoms with Gasteiger partial charge in [-0.25, -0.2) is 0 Å². The molecule has 1 fully saturated rings.